The lowest BCUT2D eigenvalue weighted by Crippen LogP contribution is -1.97. The van der Waals surface area contributed by atoms with Gasteiger partial charge in [0.15, 0.2) is 0 Å². The summed E-state index contributed by atoms with van der Waals surface area (Å²) in [4.78, 5) is 11.5. The van der Waals surface area contributed by atoms with Gasteiger partial charge in [-0.2, -0.15) is 5.26 Å². The molecule has 0 aliphatic rings. The van der Waals surface area contributed by atoms with Gasteiger partial charge in [0.2, 0.25) is 0 Å². The Balaban J connectivity index is 3.07. The summed E-state index contributed by atoms with van der Waals surface area (Å²) in [5.41, 5.74) is 0.561. The molecule has 1 aromatic heterocycles. The van der Waals surface area contributed by atoms with Crippen LogP contribution in [0.25, 0.3) is 6.08 Å². The summed E-state index contributed by atoms with van der Waals surface area (Å²) < 4.78 is 0. The summed E-state index contributed by atoms with van der Waals surface area (Å²) in [5.74, 6) is -1.19. The van der Waals surface area contributed by atoms with Crippen LogP contribution in [0.3, 0.4) is 0 Å². The Morgan fingerprint density at radius 2 is 2.46 bits per heavy atom. The Morgan fingerprint density at radius 1 is 1.77 bits per heavy atom. The van der Waals surface area contributed by atoms with Crippen LogP contribution < -0.4 is 0 Å². The number of carboxylic acid groups (broad SMARTS) is 1. The van der Waals surface area contributed by atoms with E-state index in [0.717, 1.165) is 10.4 Å². The Bertz CT molecular complexity index is 398. The fourth-order valence-corrected chi connectivity index (χ4v) is 1.52. The molecule has 1 N–H and O–H groups in total. The van der Waals surface area contributed by atoms with Crippen LogP contribution in [0.15, 0.2) is 17.0 Å². The van der Waals surface area contributed by atoms with Crippen LogP contribution in [0.2, 0.25) is 0 Å². The van der Waals surface area contributed by atoms with E-state index >= 15 is 0 Å². The molecule has 0 radical (unpaired) electrons. The number of carbonyl (C=O) groups is 1. The zero-order valence-electron chi connectivity index (χ0n) is 6.94. The zero-order valence-corrected chi connectivity index (χ0v) is 7.76. The highest BCUT2D eigenvalue weighted by atomic mass is 32.1. The highest BCUT2D eigenvalue weighted by molar-refractivity contribution is 7.10. The van der Waals surface area contributed by atoms with Crippen molar-refractivity contribution in [3.8, 4) is 6.07 Å². The maximum atomic E-state index is 10.5. The van der Waals surface area contributed by atoms with Crippen molar-refractivity contribution in [2.75, 3.05) is 0 Å². The molecule has 3 nitrogen and oxygen atoms in total. The number of nitrogens with zero attached hydrogens (tertiary/aromatic N) is 1. The topological polar surface area (TPSA) is 61.1 Å². The van der Waals surface area contributed by atoms with Gasteiger partial charge in [-0.3, -0.25) is 0 Å². The fourth-order valence-electron chi connectivity index (χ4n) is 0.842. The van der Waals surface area contributed by atoms with Crippen molar-refractivity contribution >= 4 is 23.4 Å². The summed E-state index contributed by atoms with van der Waals surface area (Å²) in [6.07, 6.45) is 1.38. The second-order valence-corrected chi connectivity index (χ2v) is 3.53. The summed E-state index contributed by atoms with van der Waals surface area (Å²) in [6, 6.07) is 3.43. The molecular weight excluding hydrogens is 186 g/mol. The molecule has 1 aromatic rings. The summed E-state index contributed by atoms with van der Waals surface area (Å²) in [5, 5.41) is 18.9. The van der Waals surface area contributed by atoms with Gasteiger partial charge in [0, 0.05) is 4.88 Å². The van der Waals surface area contributed by atoms with E-state index in [4.69, 9.17) is 10.4 Å². The first-order valence-corrected chi connectivity index (χ1v) is 4.42. The fraction of sp³-hybridized carbons (Fsp3) is 0.111. The molecule has 0 bridgehead atoms. The molecule has 66 valence electrons. The minimum absolute atomic E-state index is 0.235. The Morgan fingerprint density at radius 3 is 2.85 bits per heavy atom. The van der Waals surface area contributed by atoms with Gasteiger partial charge >= 0.3 is 5.97 Å². The average molecular weight is 193 g/mol. The van der Waals surface area contributed by atoms with Crippen LogP contribution in [0.1, 0.15) is 10.4 Å². The van der Waals surface area contributed by atoms with Crippen molar-refractivity contribution in [1.29, 1.82) is 5.26 Å². The molecule has 0 aromatic carbocycles. The molecule has 0 atom stereocenters. The standard InChI is InChI=1S/C9H7NO2S/c1-6-7(2-3-13-6)4-8(5-10)9(11)12/h2-4H,1H3,(H,11,12)/b8-4-. The highest BCUT2D eigenvalue weighted by Gasteiger charge is 2.06. The third kappa shape index (κ3) is 2.17. The summed E-state index contributed by atoms with van der Waals surface area (Å²) in [6.45, 7) is 1.88. The summed E-state index contributed by atoms with van der Waals surface area (Å²) in [7, 11) is 0. The van der Waals surface area contributed by atoms with Gasteiger partial charge in [-0.25, -0.2) is 4.79 Å². The van der Waals surface area contributed by atoms with Crippen LogP contribution in [-0.4, -0.2) is 11.1 Å². The van der Waals surface area contributed by atoms with E-state index in [1.165, 1.54) is 17.4 Å². The lowest BCUT2D eigenvalue weighted by atomic mass is 10.2. The number of hydrogen-bond acceptors (Lipinski definition) is 3. The number of thiophene rings is 1. The monoisotopic (exact) mass is 193 g/mol. The molecule has 0 amide bonds. The Kier molecular flexibility index (Phi) is 2.83. The quantitative estimate of drug-likeness (QED) is 0.577. The second kappa shape index (κ2) is 3.87. The van der Waals surface area contributed by atoms with Crippen LogP contribution in [0.5, 0.6) is 0 Å². The lowest BCUT2D eigenvalue weighted by Gasteiger charge is -1.90. The van der Waals surface area contributed by atoms with E-state index in [1.807, 2.05) is 12.3 Å². The van der Waals surface area contributed by atoms with E-state index in [0.29, 0.717) is 0 Å². The molecule has 0 spiro atoms. The van der Waals surface area contributed by atoms with E-state index in [2.05, 4.69) is 0 Å². The predicted octanol–water partition coefficient (Wildman–Crippen LogP) is 2.05. The lowest BCUT2D eigenvalue weighted by molar-refractivity contribution is -0.132. The van der Waals surface area contributed by atoms with E-state index in [-0.39, 0.29) is 5.57 Å². The third-order valence-electron chi connectivity index (χ3n) is 1.55. The molecule has 0 aliphatic heterocycles. The first-order valence-electron chi connectivity index (χ1n) is 3.54. The molecular formula is C9H7NO2S. The second-order valence-electron chi connectivity index (χ2n) is 2.41. The van der Waals surface area contributed by atoms with Gasteiger partial charge in [0.05, 0.1) is 0 Å². The normalized spacial score (nSPS) is 10.9. The van der Waals surface area contributed by atoms with Crippen molar-refractivity contribution < 1.29 is 9.90 Å². The van der Waals surface area contributed by atoms with Crippen molar-refractivity contribution in [2.45, 2.75) is 6.92 Å². The zero-order chi connectivity index (χ0) is 9.84. The maximum Gasteiger partial charge on any atom is 0.346 e. The van der Waals surface area contributed by atoms with Crippen LogP contribution >= 0.6 is 11.3 Å². The van der Waals surface area contributed by atoms with Crippen LogP contribution in [0, 0.1) is 18.3 Å². The number of rotatable bonds is 2. The minimum Gasteiger partial charge on any atom is -0.477 e. The molecule has 4 heteroatoms. The molecule has 1 rings (SSSR count). The van der Waals surface area contributed by atoms with E-state index < -0.39 is 5.97 Å². The van der Waals surface area contributed by atoms with Gasteiger partial charge in [0.1, 0.15) is 11.6 Å². The van der Waals surface area contributed by atoms with Crippen molar-refractivity contribution in [3.63, 3.8) is 0 Å². The Labute approximate surface area is 79.6 Å². The first kappa shape index (κ1) is 9.49. The predicted molar refractivity (Wildman–Crippen MR) is 50.3 cm³/mol. The molecule has 13 heavy (non-hydrogen) atoms. The molecule has 0 fully saturated rings. The number of hydrogen-bond donors (Lipinski definition) is 1. The Hall–Kier alpha value is -1.60. The molecule has 0 saturated heterocycles. The van der Waals surface area contributed by atoms with E-state index in [1.54, 1.807) is 12.1 Å². The molecule has 0 unspecified atom stereocenters. The maximum absolute atomic E-state index is 10.5. The number of aryl methyl sites for hydroxylation is 1. The average Bonchev–Trinajstić information content (AvgIpc) is 2.46. The molecule has 1 heterocycles. The van der Waals surface area contributed by atoms with E-state index in [9.17, 15) is 4.79 Å². The van der Waals surface area contributed by atoms with Crippen molar-refractivity contribution in [2.24, 2.45) is 0 Å². The highest BCUT2D eigenvalue weighted by Crippen LogP contribution is 2.17. The van der Waals surface area contributed by atoms with Gasteiger partial charge < -0.3 is 5.11 Å². The minimum atomic E-state index is -1.19. The summed E-state index contributed by atoms with van der Waals surface area (Å²) >= 11 is 1.52. The number of nitriles is 1. The van der Waals surface area contributed by atoms with Crippen molar-refractivity contribution in [3.05, 3.63) is 27.5 Å². The van der Waals surface area contributed by atoms with Crippen LogP contribution in [-0.2, 0) is 4.79 Å². The van der Waals surface area contributed by atoms with Crippen LogP contribution in [0.4, 0.5) is 0 Å². The van der Waals surface area contributed by atoms with Gasteiger partial charge in [0.25, 0.3) is 0 Å². The first-order chi connectivity index (χ1) is 6.15. The van der Waals surface area contributed by atoms with Gasteiger partial charge in [-0.15, -0.1) is 11.3 Å². The number of carboxylic acids is 1. The third-order valence-corrected chi connectivity index (χ3v) is 2.41. The SMILES string of the molecule is Cc1sccc1/C=C(/C#N)C(=O)O. The molecule has 0 aliphatic carbocycles. The largest absolute Gasteiger partial charge is 0.477 e. The van der Waals surface area contributed by atoms with Crippen molar-refractivity contribution in [1.82, 2.24) is 0 Å². The van der Waals surface area contributed by atoms with Gasteiger partial charge in [-0.05, 0) is 30.0 Å². The number of aliphatic carboxylic acids is 1. The smallest absolute Gasteiger partial charge is 0.346 e. The molecule has 0 saturated carbocycles. The van der Waals surface area contributed by atoms with Gasteiger partial charge in [-0.1, -0.05) is 0 Å².